The molecule has 2 radical (unpaired) electrons. The van der Waals surface area contributed by atoms with E-state index >= 15 is 0 Å². The Hall–Kier alpha value is -0.401. The summed E-state index contributed by atoms with van der Waals surface area (Å²) in [5, 5.41) is 0. The Labute approximate surface area is 86.4 Å². The van der Waals surface area contributed by atoms with Gasteiger partial charge in [-0.1, -0.05) is 0 Å². The minimum absolute atomic E-state index is 0.827. The molecule has 0 aliphatic rings. The van der Waals surface area contributed by atoms with E-state index in [4.69, 9.17) is 0 Å². The predicted octanol–water partition coefficient (Wildman–Crippen LogP) is -0.783. The molecular weight excluding hydrogens is 282 g/mol. The number of fused-ring (bicyclic) bond motifs is 1. The Balaban J connectivity index is 2.86. The molecule has 0 aliphatic heterocycles. The van der Waals surface area contributed by atoms with Gasteiger partial charge in [-0.05, 0) is 0 Å². The number of hydrogen-bond donors (Lipinski definition) is 0. The Bertz CT molecular complexity index is 428. The second-order valence-corrected chi connectivity index (χ2v) is 4.13. The average Bonchev–Trinajstić information content (AvgIpc) is 2.04. The van der Waals surface area contributed by atoms with Crippen molar-refractivity contribution in [2.24, 2.45) is 0 Å². The van der Waals surface area contributed by atoms with Crippen molar-refractivity contribution in [2.45, 2.75) is 0 Å². The Morgan fingerprint density at radius 3 is 2.83 bits per heavy atom. The van der Waals surface area contributed by atoms with Crippen molar-refractivity contribution in [3.05, 3.63) is 24.4 Å². The van der Waals surface area contributed by atoms with E-state index in [0.717, 1.165) is 20.1 Å². The van der Waals surface area contributed by atoms with Crippen LogP contribution in [0.3, 0.4) is 0 Å². The number of benzene rings is 1. The first-order valence-corrected chi connectivity index (χ1v) is 5.08. The van der Waals surface area contributed by atoms with Crippen LogP contribution in [0.4, 0.5) is 0 Å². The molecule has 2 rings (SSSR count). The fourth-order valence-corrected chi connectivity index (χ4v) is 1.81. The quantitative estimate of drug-likeness (QED) is 0.594. The summed E-state index contributed by atoms with van der Waals surface area (Å²) < 4.78 is 1.87. The summed E-state index contributed by atoms with van der Waals surface area (Å²) in [6.45, 7) is 0. The molecule has 0 spiro atoms. The predicted molar refractivity (Wildman–Crippen MR) is 50.3 cm³/mol. The second-order valence-electron chi connectivity index (χ2n) is 2.33. The molecule has 0 fully saturated rings. The molecule has 1 heterocycles. The zero-order chi connectivity index (χ0) is 8.55. The normalized spacial score (nSPS) is 10.3. The van der Waals surface area contributed by atoms with E-state index in [2.05, 4.69) is 42.0 Å². The first kappa shape index (κ1) is 8.21. The summed E-state index contributed by atoms with van der Waals surface area (Å²) in [4.78, 5) is 8.55. The van der Waals surface area contributed by atoms with E-state index in [1.807, 2.05) is 18.2 Å². The van der Waals surface area contributed by atoms with Gasteiger partial charge < -0.3 is 0 Å². The molecule has 0 amide bonds. The summed E-state index contributed by atoms with van der Waals surface area (Å²) >= 11 is 5.78. The number of para-hydroxylation sites is 1. The van der Waals surface area contributed by atoms with Gasteiger partial charge >= 0.3 is 86.5 Å². The maximum absolute atomic E-state index is 4.30. The van der Waals surface area contributed by atoms with E-state index < -0.39 is 0 Å². The summed E-state index contributed by atoms with van der Waals surface area (Å²) in [7, 11) is 0. The van der Waals surface area contributed by atoms with Gasteiger partial charge in [0.15, 0.2) is 0 Å². The van der Waals surface area contributed by atoms with E-state index in [9.17, 15) is 0 Å². The van der Waals surface area contributed by atoms with Gasteiger partial charge in [0.2, 0.25) is 0 Å². The molecule has 1 aromatic carbocycles. The molecule has 0 atom stereocenters. The number of nitrogens with zero attached hydrogens (tertiary/aromatic N) is 2. The second kappa shape index (κ2) is 3.15. The van der Waals surface area contributed by atoms with Gasteiger partial charge in [-0.15, -0.1) is 0 Å². The third kappa shape index (κ3) is 1.39. The van der Waals surface area contributed by atoms with Crippen molar-refractivity contribution >= 4 is 52.1 Å². The van der Waals surface area contributed by atoms with Crippen molar-refractivity contribution in [2.75, 3.05) is 0 Å². The van der Waals surface area contributed by atoms with Gasteiger partial charge in [0, 0.05) is 0 Å². The molecule has 12 heavy (non-hydrogen) atoms. The molecule has 2 aromatic rings. The topological polar surface area (TPSA) is 25.8 Å². The average molecular weight is 286 g/mol. The number of rotatable bonds is 0. The maximum atomic E-state index is 4.30. The third-order valence-corrected chi connectivity index (χ3v) is 2.62. The van der Waals surface area contributed by atoms with Crippen LogP contribution in [0.25, 0.3) is 11.0 Å². The fraction of sp³-hybridized carbons (Fsp3) is 0. The van der Waals surface area contributed by atoms with Gasteiger partial charge in [-0.2, -0.15) is 0 Å². The van der Waals surface area contributed by atoms with Crippen LogP contribution in [0.5, 0.6) is 0 Å². The molecule has 0 bridgehead atoms. The van der Waals surface area contributed by atoms with Crippen LogP contribution in [-0.4, -0.2) is 42.0 Å². The summed E-state index contributed by atoms with van der Waals surface area (Å²) in [5.41, 5.74) is 1.85. The van der Waals surface area contributed by atoms with Crippen LogP contribution in [0.2, 0.25) is 0 Å². The zero-order valence-corrected chi connectivity index (χ0v) is 9.45. The molecule has 2 nitrogen and oxygen atoms in total. The molecule has 0 saturated heterocycles. The zero-order valence-electron chi connectivity index (χ0n) is 6.02. The van der Waals surface area contributed by atoms with E-state index in [-0.39, 0.29) is 0 Å². The summed E-state index contributed by atoms with van der Waals surface area (Å²) in [6, 6.07) is 5.89. The summed E-state index contributed by atoms with van der Waals surface area (Å²) in [6.07, 6.45) is 1.73. The van der Waals surface area contributed by atoms with Crippen LogP contribution in [0.15, 0.2) is 24.4 Å². The molecule has 0 saturated carbocycles. The molecule has 1 aromatic heterocycles. The minimum atomic E-state index is 0.827. The first-order valence-electron chi connectivity index (χ1n) is 3.37. The van der Waals surface area contributed by atoms with Crippen molar-refractivity contribution in [3.63, 3.8) is 0 Å². The van der Waals surface area contributed by atoms with Crippen molar-refractivity contribution in [3.8, 4) is 0 Å². The molecule has 4 heteroatoms. The third-order valence-electron chi connectivity index (χ3n) is 1.51. The van der Waals surface area contributed by atoms with Crippen LogP contribution in [0, 0.1) is 0 Å². The monoisotopic (exact) mass is 288 g/mol. The van der Waals surface area contributed by atoms with E-state index in [1.54, 1.807) is 6.20 Å². The van der Waals surface area contributed by atoms with Gasteiger partial charge in [0.05, 0.1) is 0 Å². The molecule has 0 aliphatic carbocycles. The van der Waals surface area contributed by atoms with Crippen LogP contribution in [-0.2, 0) is 0 Å². The van der Waals surface area contributed by atoms with Crippen molar-refractivity contribution in [1.29, 1.82) is 0 Å². The van der Waals surface area contributed by atoms with E-state index in [1.165, 1.54) is 0 Å². The molecule has 0 unspecified atom stereocenters. The Kier molecular flexibility index (Phi) is 2.16. The van der Waals surface area contributed by atoms with Crippen LogP contribution in [0.1, 0.15) is 0 Å². The van der Waals surface area contributed by atoms with Gasteiger partial charge in [-0.3, -0.25) is 0 Å². The van der Waals surface area contributed by atoms with Gasteiger partial charge in [-0.25, -0.2) is 0 Å². The molecule has 0 N–H and O–H groups in total. The number of aromatic nitrogens is 2. The van der Waals surface area contributed by atoms with Crippen LogP contribution < -0.4 is 9.05 Å². The van der Waals surface area contributed by atoms with Gasteiger partial charge in [0.25, 0.3) is 0 Å². The van der Waals surface area contributed by atoms with Crippen LogP contribution >= 0.6 is 0 Å². The number of hydrogen-bond acceptors (Lipinski definition) is 2. The van der Waals surface area contributed by atoms with Crippen molar-refractivity contribution in [1.82, 2.24) is 9.97 Å². The summed E-state index contributed by atoms with van der Waals surface area (Å²) in [5.74, 6) is 0. The standard InChI is InChI=1S/C8H4N2Se2/c11-6-3-1-2-5-8(6)9-4-7(12)10-5/h1-4H. The van der Waals surface area contributed by atoms with Crippen molar-refractivity contribution < 1.29 is 0 Å². The SMILES string of the molecule is [Se]c1cnc2c([Se])cccc2n1. The Morgan fingerprint density at radius 1 is 1.17 bits per heavy atom. The molecular formula is C8H4N2Se2. The van der Waals surface area contributed by atoms with Gasteiger partial charge in [0.1, 0.15) is 0 Å². The fourth-order valence-electron chi connectivity index (χ4n) is 0.998. The first-order chi connectivity index (χ1) is 5.77. The molecule has 58 valence electrons. The Morgan fingerprint density at radius 2 is 2.00 bits per heavy atom. The van der Waals surface area contributed by atoms with E-state index in [0.29, 0.717) is 0 Å².